The molecule has 3 N–H and O–H groups in total. The number of nitrogens with zero attached hydrogens (tertiary/aromatic N) is 6. The van der Waals surface area contributed by atoms with Crippen molar-refractivity contribution in [3.63, 3.8) is 0 Å². The number of aromatic amines is 1. The van der Waals surface area contributed by atoms with Crippen LogP contribution >= 0.6 is 12.2 Å². The molecule has 0 saturated carbocycles. The molecule has 0 aliphatic carbocycles. The SMILES string of the molecule is COc1ccc(-n2c(O)c(/C=N/Nc3nc4c(c(=O)n(C)c(=O)n4C)n3C)c(=O)[nH]c2=S)cc1. The third kappa shape index (κ3) is 3.59. The van der Waals surface area contributed by atoms with Gasteiger partial charge in [-0.3, -0.25) is 28.3 Å². The van der Waals surface area contributed by atoms with Crippen molar-refractivity contribution in [1.82, 2.24) is 28.2 Å². The maximum atomic E-state index is 12.5. The molecule has 0 amide bonds. The summed E-state index contributed by atoms with van der Waals surface area (Å²) in [4.78, 5) is 43.8. The number of fused-ring (bicyclic) bond motifs is 1. The maximum Gasteiger partial charge on any atom is 0.332 e. The minimum absolute atomic E-state index is 0.00936. The van der Waals surface area contributed by atoms with Crippen molar-refractivity contribution in [3.8, 4) is 17.3 Å². The topological polar surface area (TPSA) is 153 Å². The Bertz CT molecular complexity index is 1690. The van der Waals surface area contributed by atoms with Gasteiger partial charge in [-0.15, -0.1) is 0 Å². The second kappa shape index (κ2) is 8.47. The number of H-pyrrole nitrogens is 1. The van der Waals surface area contributed by atoms with Crippen LogP contribution in [0.5, 0.6) is 11.6 Å². The summed E-state index contributed by atoms with van der Waals surface area (Å²) in [7, 11) is 5.98. The number of imidazole rings is 1. The number of anilines is 1. The molecule has 4 aromatic rings. The minimum atomic E-state index is -0.654. The van der Waals surface area contributed by atoms with E-state index in [2.05, 4.69) is 20.5 Å². The van der Waals surface area contributed by atoms with Crippen molar-refractivity contribution in [1.29, 1.82) is 0 Å². The molecular weight excluding hydrogens is 464 g/mol. The molecule has 0 bridgehead atoms. The number of aryl methyl sites for hydroxylation is 2. The fourth-order valence-electron chi connectivity index (χ4n) is 3.40. The van der Waals surface area contributed by atoms with E-state index in [4.69, 9.17) is 17.0 Å². The fraction of sp³-hybridized carbons (Fsp3) is 0.200. The molecule has 13 nitrogen and oxygen atoms in total. The van der Waals surface area contributed by atoms with Crippen LogP contribution in [-0.4, -0.2) is 46.7 Å². The van der Waals surface area contributed by atoms with Crippen LogP contribution in [0.25, 0.3) is 16.9 Å². The Balaban J connectivity index is 1.74. The Hall–Kier alpha value is -4.46. The number of hydrogen-bond acceptors (Lipinski definition) is 9. The Kier molecular flexibility index (Phi) is 5.66. The van der Waals surface area contributed by atoms with E-state index in [0.29, 0.717) is 11.4 Å². The molecule has 0 unspecified atom stereocenters. The van der Waals surface area contributed by atoms with Gasteiger partial charge in [0.2, 0.25) is 11.8 Å². The first-order valence-corrected chi connectivity index (χ1v) is 10.2. The highest BCUT2D eigenvalue weighted by Gasteiger charge is 2.17. The third-order valence-corrected chi connectivity index (χ3v) is 5.57. The van der Waals surface area contributed by atoms with Crippen LogP contribution in [0.4, 0.5) is 5.95 Å². The standard InChI is InChI=1S/C20H20N8O5S/c1-25-13-14(26(2)20(32)27(3)17(13)31)22-18(25)24-21-9-12-15(29)23-19(34)28(16(12)30)10-5-7-11(33-4)8-6-10/h5-9,30H,1-4H3,(H,22,24)(H,23,29,34)/b21-9+. The van der Waals surface area contributed by atoms with E-state index in [1.54, 1.807) is 31.3 Å². The molecular formula is C20H20N8O5S. The van der Waals surface area contributed by atoms with Gasteiger partial charge >= 0.3 is 5.69 Å². The van der Waals surface area contributed by atoms with Crippen LogP contribution < -0.4 is 27.0 Å². The van der Waals surface area contributed by atoms with Gasteiger partial charge in [-0.2, -0.15) is 10.1 Å². The summed E-state index contributed by atoms with van der Waals surface area (Å²) in [5.74, 6) is 0.328. The lowest BCUT2D eigenvalue weighted by Crippen LogP contribution is -2.37. The van der Waals surface area contributed by atoms with Crippen LogP contribution in [0.15, 0.2) is 43.8 Å². The quantitative estimate of drug-likeness (QED) is 0.208. The first-order valence-electron chi connectivity index (χ1n) is 9.80. The van der Waals surface area contributed by atoms with Crippen molar-refractivity contribution in [3.05, 3.63) is 65.8 Å². The molecule has 0 saturated heterocycles. The van der Waals surface area contributed by atoms with Crippen molar-refractivity contribution < 1.29 is 9.84 Å². The van der Waals surface area contributed by atoms with E-state index in [1.807, 2.05) is 0 Å². The molecule has 1 aromatic carbocycles. The molecule has 176 valence electrons. The summed E-state index contributed by atoms with van der Waals surface area (Å²) in [6, 6.07) is 6.69. The molecule has 3 heterocycles. The number of ether oxygens (including phenoxy) is 1. The van der Waals surface area contributed by atoms with Gasteiger partial charge in [0.05, 0.1) is 19.0 Å². The average molecular weight is 484 g/mol. The summed E-state index contributed by atoms with van der Waals surface area (Å²) >= 11 is 5.20. The van der Waals surface area contributed by atoms with Gasteiger partial charge in [0.15, 0.2) is 15.9 Å². The van der Waals surface area contributed by atoms with Crippen molar-refractivity contribution >= 4 is 35.5 Å². The number of aromatic hydroxyl groups is 1. The molecule has 0 aliphatic heterocycles. The number of hydrogen-bond donors (Lipinski definition) is 3. The van der Waals surface area contributed by atoms with Crippen LogP contribution in [0.2, 0.25) is 0 Å². The van der Waals surface area contributed by atoms with Gasteiger partial charge in [0, 0.05) is 21.1 Å². The molecule has 3 aromatic heterocycles. The van der Waals surface area contributed by atoms with E-state index in [9.17, 15) is 19.5 Å². The van der Waals surface area contributed by atoms with Crippen LogP contribution in [-0.2, 0) is 21.1 Å². The van der Waals surface area contributed by atoms with Crippen molar-refractivity contribution in [2.24, 2.45) is 26.2 Å². The zero-order valence-electron chi connectivity index (χ0n) is 18.6. The highest BCUT2D eigenvalue weighted by Crippen LogP contribution is 2.21. The molecule has 0 spiro atoms. The fourth-order valence-corrected chi connectivity index (χ4v) is 3.68. The van der Waals surface area contributed by atoms with Gasteiger partial charge in [-0.1, -0.05) is 0 Å². The molecule has 0 aliphatic rings. The normalized spacial score (nSPS) is 11.4. The van der Waals surface area contributed by atoms with E-state index in [-0.39, 0.29) is 27.4 Å². The predicted molar refractivity (Wildman–Crippen MR) is 128 cm³/mol. The van der Waals surface area contributed by atoms with Crippen LogP contribution in [0, 0.1) is 4.77 Å². The number of hydrazone groups is 1. The highest BCUT2D eigenvalue weighted by atomic mass is 32.1. The monoisotopic (exact) mass is 484 g/mol. The van der Waals surface area contributed by atoms with Crippen LogP contribution in [0.3, 0.4) is 0 Å². The Labute approximate surface area is 195 Å². The second-order valence-corrected chi connectivity index (χ2v) is 7.66. The summed E-state index contributed by atoms with van der Waals surface area (Å²) in [6.45, 7) is 0. The number of aromatic nitrogens is 6. The number of benzene rings is 1. The second-order valence-electron chi connectivity index (χ2n) is 7.27. The zero-order chi connectivity index (χ0) is 24.7. The Morgan fingerprint density at radius 1 is 1.12 bits per heavy atom. The van der Waals surface area contributed by atoms with Gasteiger partial charge < -0.3 is 14.4 Å². The Morgan fingerprint density at radius 3 is 2.44 bits per heavy atom. The van der Waals surface area contributed by atoms with E-state index < -0.39 is 22.7 Å². The average Bonchev–Trinajstić information content (AvgIpc) is 3.15. The van der Waals surface area contributed by atoms with Gasteiger partial charge in [0.25, 0.3) is 11.1 Å². The molecule has 0 fully saturated rings. The highest BCUT2D eigenvalue weighted by molar-refractivity contribution is 7.71. The number of rotatable bonds is 5. The molecule has 14 heteroatoms. The zero-order valence-corrected chi connectivity index (χ0v) is 19.4. The van der Waals surface area contributed by atoms with Gasteiger partial charge in [-0.05, 0) is 36.5 Å². The molecule has 34 heavy (non-hydrogen) atoms. The lowest BCUT2D eigenvalue weighted by molar-refractivity contribution is 0.414. The van der Waals surface area contributed by atoms with Gasteiger partial charge in [0.1, 0.15) is 11.3 Å². The maximum absolute atomic E-state index is 12.5. The summed E-state index contributed by atoms with van der Waals surface area (Å²) in [6.07, 6.45) is 1.10. The van der Waals surface area contributed by atoms with Gasteiger partial charge in [-0.25, -0.2) is 10.2 Å². The van der Waals surface area contributed by atoms with E-state index in [0.717, 1.165) is 10.8 Å². The molecule has 0 atom stereocenters. The van der Waals surface area contributed by atoms with Crippen molar-refractivity contribution in [2.45, 2.75) is 0 Å². The number of methoxy groups -OCH3 is 1. The lowest BCUT2D eigenvalue weighted by Gasteiger charge is -2.11. The lowest BCUT2D eigenvalue weighted by atomic mass is 10.2. The smallest absolute Gasteiger partial charge is 0.332 e. The first-order chi connectivity index (χ1) is 16.1. The van der Waals surface area contributed by atoms with Crippen LogP contribution in [0.1, 0.15) is 5.56 Å². The van der Waals surface area contributed by atoms with E-state index >= 15 is 0 Å². The minimum Gasteiger partial charge on any atom is -0.497 e. The number of nitrogens with one attached hydrogen (secondary N) is 2. The first kappa shape index (κ1) is 22.7. The summed E-state index contributed by atoms with van der Waals surface area (Å²) in [5, 5.41) is 14.7. The largest absolute Gasteiger partial charge is 0.497 e. The molecule has 0 radical (unpaired) electrons. The summed E-state index contributed by atoms with van der Waals surface area (Å²) < 4.78 is 10.0. The van der Waals surface area contributed by atoms with E-state index in [1.165, 1.54) is 34.9 Å². The predicted octanol–water partition coefficient (Wildman–Crippen LogP) is 0.339. The summed E-state index contributed by atoms with van der Waals surface area (Å²) in [5.41, 5.74) is 1.63. The third-order valence-electron chi connectivity index (χ3n) is 5.29. The molecule has 4 rings (SSSR count). The Morgan fingerprint density at radius 2 is 1.79 bits per heavy atom. The van der Waals surface area contributed by atoms with Crippen molar-refractivity contribution in [2.75, 3.05) is 12.5 Å².